The van der Waals surface area contributed by atoms with Gasteiger partial charge in [0, 0.05) is 10.6 Å². The minimum Gasteiger partial charge on any atom is -0.315 e. The van der Waals surface area contributed by atoms with Crippen LogP contribution in [0.5, 0.6) is 0 Å². The summed E-state index contributed by atoms with van der Waals surface area (Å²) >= 11 is 5.94. The summed E-state index contributed by atoms with van der Waals surface area (Å²) in [7, 11) is 0. The molecule has 1 aliphatic heterocycles. The van der Waals surface area contributed by atoms with Crippen molar-refractivity contribution in [3.63, 3.8) is 0 Å². The lowest BCUT2D eigenvalue weighted by Crippen LogP contribution is -2.65. The van der Waals surface area contributed by atoms with E-state index < -0.39 is 17.4 Å². The second-order valence-corrected chi connectivity index (χ2v) is 5.78. The maximum Gasteiger partial charge on any atom is 0.255 e. The smallest absolute Gasteiger partial charge is 0.255 e. The SMILES string of the molecule is Cc1cc(Cl)cc(C(=O)N2CC(=O)NC(=O)C2(C)C)c1. The van der Waals surface area contributed by atoms with Crippen molar-refractivity contribution >= 4 is 29.3 Å². The maximum absolute atomic E-state index is 12.5. The first-order chi connectivity index (χ1) is 9.21. The number of hydrogen-bond donors (Lipinski definition) is 1. The molecule has 6 heteroatoms. The highest BCUT2D eigenvalue weighted by Gasteiger charge is 2.43. The molecule has 2 rings (SSSR count). The van der Waals surface area contributed by atoms with Crippen LogP contribution in [0.15, 0.2) is 18.2 Å². The summed E-state index contributed by atoms with van der Waals surface area (Å²) in [5.74, 6) is -1.36. The molecule has 106 valence electrons. The van der Waals surface area contributed by atoms with Crippen molar-refractivity contribution < 1.29 is 14.4 Å². The van der Waals surface area contributed by atoms with Gasteiger partial charge in [-0.25, -0.2) is 0 Å². The number of nitrogens with one attached hydrogen (secondary N) is 1. The molecule has 1 saturated heterocycles. The van der Waals surface area contributed by atoms with Gasteiger partial charge in [-0.15, -0.1) is 0 Å². The van der Waals surface area contributed by atoms with Crippen molar-refractivity contribution in [2.75, 3.05) is 6.54 Å². The van der Waals surface area contributed by atoms with Crippen molar-refractivity contribution in [3.05, 3.63) is 34.3 Å². The first kappa shape index (κ1) is 14.5. The molecule has 20 heavy (non-hydrogen) atoms. The van der Waals surface area contributed by atoms with Crippen LogP contribution in [-0.4, -0.2) is 34.7 Å². The zero-order valence-electron chi connectivity index (χ0n) is 11.5. The van der Waals surface area contributed by atoms with E-state index in [0.717, 1.165) is 5.56 Å². The molecular weight excluding hydrogens is 280 g/mol. The Morgan fingerprint density at radius 1 is 1.30 bits per heavy atom. The quantitative estimate of drug-likeness (QED) is 0.799. The molecule has 1 N–H and O–H groups in total. The fraction of sp³-hybridized carbons (Fsp3) is 0.357. The molecule has 0 saturated carbocycles. The monoisotopic (exact) mass is 294 g/mol. The number of hydrogen-bond acceptors (Lipinski definition) is 3. The van der Waals surface area contributed by atoms with Gasteiger partial charge < -0.3 is 4.90 Å². The molecule has 0 radical (unpaired) electrons. The van der Waals surface area contributed by atoms with Crippen molar-refractivity contribution in [3.8, 4) is 0 Å². The van der Waals surface area contributed by atoms with E-state index in [4.69, 9.17) is 11.6 Å². The van der Waals surface area contributed by atoms with Gasteiger partial charge in [0.25, 0.3) is 11.8 Å². The lowest BCUT2D eigenvalue weighted by atomic mass is 9.97. The molecule has 0 spiro atoms. The van der Waals surface area contributed by atoms with E-state index in [-0.39, 0.29) is 12.5 Å². The fourth-order valence-electron chi connectivity index (χ4n) is 2.12. The summed E-state index contributed by atoms with van der Waals surface area (Å²) in [5, 5.41) is 2.67. The first-order valence-corrected chi connectivity index (χ1v) is 6.53. The van der Waals surface area contributed by atoms with Crippen LogP contribution in [-0.2, 0) is 9.59 Å². The van der Waals surface area contributed by atoms with Crippen molar-refractivity contribution in [1.29, 1.82) is 0 Å². The number of piperazine rings is 1. The molecule has 5 nitrogen and oxygen atoms in total. The summed E-state index contributed by atoms with van der Waals surface area (Å²) in [6.07, 6.45) is 0. The Hall–Kier alpha value is -1.88. The second-order valence-electron chi connectivity index (χ2n) is 5.34. The van der Waals surface area contributed by atoms with Crippen LogP contribution in [0.4, 0.5) is 0 Å². The van der Waals surface area contributed by atoms with Crippen molar-refractivity contribution in [1.82, 2.24) is 10.2 Å². The van der Waals surface area contributed by atoms with Gasteiger partial charge >= 0.3 is 0 Å². The maximum atomic E-state index is 12.5. The number of aryl methyl sites for hydroxylation is 1. The van der Waals surface area contributed by atoms with E-state index >= 15 is 0 Å². The first-order valence-electron chi connectivity index (χ1n) is 6.15. The van der Waals surface area contributed by atoms with E-state index in [1.54, 1.807) is 26.0 Å². The standard InChI is InChI=1S/C14H15ClN2O3/c1-8-4-9(6-10(15)5-8)12(19)17-7-11(18)16-13(20)14(17,2)3/h4-6H,7H2,1-3H3,(H,16,18,20). The number of carbonyl (C=O) groups is 3. The summed E-state index contributed by atoms with van der Waals surface area (Å²) < 4.78 is 0. The lowest BCUT2D eigenvalue weighted by molar-refractivity contribution is -0.143. The summed E-state index contributed by atoms with van der Waals surface area (Å²) in [6.45, 7) is 4.87. The molecule has 0 unspecified atom stereocenters. The Morgan fingerprint density at radius 3 is 2.55 bits per heavy atom. The number of imide groups is 1. The number of amides is 3. The Balaban J connectivity index is 2.40. The highest BCUT2D eigenvalue weighted by atomic mass is 35.5. The molecule has 1 aromatic carbocycles. The number of rotatable bonds is 1. The number of carbonyl (C=O) groups excluding carboxylic acids is 3. The van der Waals surface area contributed by atoms with Gasteiger partial charge in [0.2, 0.25) is 5.91 Å². The van der Waals surface area contributed by atoms with Crippen LogP contribution in [0.25, 0.3) is 0 Å². The van der Waals surface area contributed by atoms with Gasteiger partial charge in [0.1, 0.15) is 12.1 Å². The molecule has 3 amide bonds. The van der Waals surface area contributed by atoms with E-state index in [0.29, 0.717) is 10.6 Å². The molecule has 1 heterocycles. The average molecular weight is 295 g/mol. The Bertz CT molecular complexity index is 590. The average Bonchev–Trinajstić information content (AvgIpc) is 2.32. The van der Waals surface area contributed by atoms with Crippen LogP contribution in [0, 0.1) is 6.92 Å². The highest BCUT2D eigenvalue weighted by Crippen LogP contribution is 2.23. The third-order valence-electron chi connectivity index (χ3n) is 3.32. The normalized spacial score (nSPS) is 17.9. The van der Waals surface area contributed by atoms with Crippen LogP contribution in [0.3, 0.4) is 0 Å². The molecule has 0 aliphatic carbocycles. The second kappa shape index (κ2) is 4.90. The Morgan fingerprint density at radius 2 is 1.95 bits per heavy atom. The Kier molecular flexibility index (Phi) is 3.56. The molecule has 0 aromatic heterocycles. The summed E-state index contributed by atoms with van der Waals surface area (Å²) in [6, 6.07) is 4.95. The van der Waals surface area contributed by atoms with Crippen LogP contribution in [0.2, 0.25) is 5.02 Å². The predicted octanol–water partition coefficient (Wildman–Crippen LogP) is 1.53. The summed E-state index contributed by atoms with van der Waals surface area (Å²) in [4.78, 5) is 37.2. The van der Waals surface area contributed by atoms with Crippen molar-refractivity contribution in [2.24, 2.45) is 0 Å². The van der Waals surface area contributed by atoms with E-state index in [9.17, 15) is 14.4 Å². The third-order valence-corrected chi connectivity index (χ3v) is 3.54. The molecular formula is C14H15ClN2O3. The molecule has 1 fully saturated rings. The van der Waals surface area contributed by atoms with Gasteiger partial charge in [-0.05, 0) is 44.5 Å². The molecule has 1 aliphatic rings. The topological polar surface area (TPSA) is 66.5 Å². The number of nitrogens with zero attached hydrogens (tertiary/aromatic N) is 1. The molecule has 1 aromatic rings. The van der Waals surface area contributed by atoms with Gasteiger partial charge in [-0.2, -0.15) is 0 Å². The van der Waals surface area contributed by atoms with E-state index in [2.05, 4.69) is 5.32 Å². The zero-order chi connectivity index (χ0) is 15.1. The van der Waals surface area contributed by atoms with Gasteiger partial charge in [0.05, 0.1) is 0 Å². The number of halogens is 1. The lowest BCUT2D eigenvalue weighted by Gasteiger charge is -2.40. The van der Waals surface area contributed by atoms with Gasteiger partial charge in [0.15, 0.2) is 0 Å². The largest absolute Gasteiger partial charge is 0.315 e. The number of benzene rings is 1. The van der Waals surface area contributed by atoms with E-state index in [1.807, 2.05) is 6.92 Å². The molecule has 0 atom stereocenters. The fourth-order valence-corrected chi connectivity index (χ4v) is 2.41. The zero-order valence-corrected chi connectivity index (χ0v) is 12.2. The van der Waals surface area contributed by atoms with Crippen LogP contribution < -0.4 is 5.32 Å². The molecule has 0 bridgehead atoms. The van der Waals surface area contributed by atoms with Crippen LogP contribution >= 0.6 is 11.6 Å². The minimum atomic E-state index is -1.08. The Labute approximate surface area is 121 Å². The third kappa shape index (κ3) is 2.54. The van der Waals surface area contributed by atoms with E-state index in [1.165, 1.54) is 11.0 Å². The predicted molar refractivity (Wildman–Crippen MR) is 74.5 cm³/mol. The summed E-state index contributed by atoms with van der Waals surface area (Å²) in [5.41, 5.74) is 0.123. The van der Waals surface area contributed by atoms with Crippen LogP contribution in [0.1, 0.15) is 29.8 Å². The van der Waals surface area contributed by atoms with Gasteiger partial charge in [-0.1, -0.05) is 11.6 Å². The minimum absolute atomic E-state index is 0.150. The van der Waals surface area contributed by atoms with Gasteiger partial charge in [-0.3, -0.25) is 19.7 Å². The highest BCUT2D eigenvalue weighted by molar-refractivity contribution is 6.31. The van der Waals surface area contributed by atoms with Crippen molar-refractivity contribution in [2.45, 2.75) is 26.3 Å².